The summed E-state index contributed by atoms with van der Waals surface area (Å²) in [5, 5.41) is 8.00. The van der Waals surface area contributed by atoms with Crippen molar-refractivity contribution in [2.45, 2.75) is 37.8 Å². The summed E-state index contributed by atoms with van der Waals surface area (Å²) in [6, 6.07) is 0.264. The first kappa shape index (κ1) is 15.8. The van der Waals surface area contributed by atoms with Crippen LogP contribution in [0.3, 0.4) is 0 Å². The Morgan fingerprint density at radius 2 is 2.16 bits per heavy atom. The van der Waals surface area contributed by atoms with Gasteiger partial charge in [0.05, 0.1) is 17.1 Å². The fourth-order valence-electron chi connectivity index (χ4n) is 3.39. The van der Waals surface area contributed by atoms with Crippen molar-refractivity contribution in [1.82, 2.24) is 24.7 Å². The maximum absolute atomic E-state index is 12.1. The van der Waals surface area contributed by atoms with E-state index >= 15 is 0 Å². The van der Waals surface area contributed by atoms with Crippen LogP contribution in [0.1, 0.15) is 25.7 Å². The lowest BCUT2D eigenvalue weighted by Crippen LogP contribution is -2.42. The van der Waals surface area contributed by atoms with E-state index in [9.17, 15) is 4.79 Å². The number of nitrogens with two attached hydrogens (primary N) is 1. The van der Waals surface area contributed by atoms with Gasteiger partial charge in [-0.2, -0.15) is 5.10 Å². The minimum Gasteiger partial charge on any atom is -0.350 e. The lowest BCUT2D eigenvalue weighted by Gasteiger charge is -2.29. The summed E-state index contributed by atoms with van der Waals surface area (Å²) in [7, 11) is 1.85. The van der Waals surface area contributed by atoms with E-state index in [4.69, 9.17) is 5.73 Å². The van der Waals surface area contributed by atoms with Gasteiger partial charge < -0.3 is 16.0 Å². The van der Waals surface area contributed by atoms with Gasteiger partial charge in [0, 0.05) is 48.8 Å². The van der Waals surface area contributed by atoms with Crippen LogP contribution >= 0.6 is 0 Å². The molecule has 25 heavy (non-hydrogen) atoms. The lowest BCUT2D eigenvalue weighted by atomic mass is 9.91. The van der Waals surface area contributed by atoms with Crippen LogP contribution in [0.15, 0.2) is 29.6 Å². The highest BCUT2D eigenvalue weighted by Crippen LogP contribution is 2.25. The highest BCUT2D eigenvalue weighted by molar-refractivity contribution is 5.92. The molecule has 8 nitrogen and oxygen atoms in total. The predicted molar refractivity (Wildman–Crippen MR) is 96.2 cm³/mol. The van der Waals surface area contributed by atoms with E-state index in [2.05, 4.69) is 25.4 Å². The third kappa shape index (κ3) is 3.00. The number of aromatic nitrogens is 5. The highest BCUT2D eigenvalue weighted by Gasteiger charge is 2.22. The van der Waals surface area contributed by atoms with E-state index in [0.29, 0.717) is 16.9 Å². The summed E-state index contributed by atoms with van der Waals surface area (Å²) < 4.78 is 1.72. The standard InChI is InChI=1S/C17H21N7O/c1-24-9-10(6-21-24)11-7-19-16(25)12-8-20-17(23-15(11)12)22-14-5-3-2-4-13(14)18/h6-9,13-14H,2-5,18H2,1H3,(H,19,25)(H,20,22,23). The first-order chi connectivity index (χ1) is 12.1. The van der Waals surface area contributed by atoms with E-state index in [0.717, 1.165) is 30.4 Å². The minimum absolute atomic E-state index is 0.102. The van der Waals surface area contributed by atoms with Crippen molar-refractivity contribution in [3.63, 3.8) is 0 Å². The fraction of sp³-hybridized carbons (Fsp3) is 0.412. The zero-order valence-electron chi connectivity index (χ0n) is 14.1. The van der Waals surface area contributed by atoms with Gasteiger partial charge in [0.25, 0.3) is 5.56 Å². The molecule has 4 N–H and O–H groups in total. The molecule has 8 heteroatoms. The number of aryl methyl sites for hydroxylation is 1. The number of anilines is 1. The van der Waals surface area contributed by atoms with Gasteiger partial charge in [0.1, 0.15) is 0 Å². The van der Waals surface area contributed by atoms with Crippen LogP contribution in [0.5, 0.6) is 0 Å². The number of nitrogens with one attached hydrogen (secondary N) is 2. The van der Waals surface area contributed by atoms with Crippen LogP contribution in [-0.2, 0) is 7.05 Å². The maximum Gasteiger partial charge on any atom is 0.259 e. The second-order valence-electron chi connectivity index (χ2n) is 6.59. The molecule has 130 valence electrons. The molecule has 3 aromatic rings. The first-order valence-electron chi connectivity index (χ1n) is 8.51. The zero-order chi connectivity index (χ0) is 17.4. The normalized spacial score (nSPS) is 20.7. The van der Waals surface area contributed by atoms with Crippen LogP contribution in [0, 0.1) is 0 Å². The van der Waals surface area contributed by atoms with Crippen LogP contribution in [0.2, 0.25) is 0 Å². The van der Waals surface area contributed by atoms with Gasteiger partial charge in [-0.1, -0.05) is 12.8 Å². The summed E-state index contributed by atoms with van der Waals surface area (Å²) in [5.41, 5.74) is 8.32. The molecule has 0 saturated heterocycles. The van der Waals surface area contributed by atoms with Crippen molar-refractivity contribution in [2.75, 3.05) is 5.32 Å². The summed E-state index contributed by atoms with van der Waals surface area (Å²) >= 11 is 0. The summed E-state index contributed by atoms with van der Waals surface area (Å²) in [6.45, 7) is 0. The predicted octanol–water partition coefficient (Wildman–Crippen LogP) is 1.40. The molecule has 1 saturated carbocycles. The van der Waals surface area contributed by atoms with Gasteiger partial charge in [-0.15, -0.1) is 0 Å². The number of aromatic amines is 1. The third-order valence-electron chi connectivity index (χ3n) is 4.79. The molecule has 0 aliphatic heterocycles. The molecule has 0 bridgehead atoms. The second kappa shape index (κ2) is 6.29. The Bertz CT molecular complexity index is 961. The van der Waals surface area contributed by atoms with Crippen molar-refractivity contribution in [3.05, 3.63) is 35.1 Å². The molecule has 2 unspecified atom stereocenters. The second-order valence-corrected chi connectivity index (χ2v) is 6.59. The largest absolute Gasteiger partial charge is 0.350 e. The number of H-pyrrole nitrogens is 1. The van der Waals surface area contributed by atoms with Crippen molar-refractivity contribution in [1.29, 1.82) is 0 Å². The van der Waals surface area contributed by atoms with Crippen molar-refractivity contribution >= 4 is 16.9 Å². The Morgan fingerprint density at radius 1 is 1.32 bits per heavy atom. The zero-order valence-corrected chi connectivity index (χ0v) is 14.1. The van der Waals surface area contributed by atoms with Crippen LogP contribution < -0.4 is 16.6 Å². The Labute approximate surface area is 144 Å². The van der Waals surface area contributed by atoms with Crippen molar-refractivity contribution < 1.29 is 0 Å². The smallest absolute Gasteiger partial charge is 0.259 e. The molecule has 0 aromatic carbocycles. The monoisotopic (exact) mass is 339 g/mol. The van der Waals surface area contributed by atoms with E-state index in [1.165, 1.54) is 6.42 Å². The number of hydrogen-bond donors (Lipinski definition) is 3. The molecule has 0 radical (unpaired) electrons. The van der Waals surface area contributed by atoms with E-state index in [1.54, 1.807) is 23.3 Å². The Morgan fingerprint density at radius 3 is 2.92 bits per heavy atom. The van der Waals surface area contributed by atoms with Crippen molar-refractivity contribution in [2.24, 2.45) is 12.8 Å². The molecule has 0 amide bonds. The number of nitrogens with zero attached hydrogens (tertiary/aromatic N) is 4. The summed E-state index contributed by atoms with van der Waals surface area (Å²) in [6.07, 6.45) is 11.2. The Hall–Kier alpha value is -2.74. The number of rotatable bonds is 3. The molecule has 0 spiro atoms. The average molecular weight is 339 g/mol. The summed E-state index contributed by atoms with van der Waals surface area (Å²) in [4.78, 5) is 23.8. The molecule has 3 heterocycles. The summed E-state index contributed by atoms with van der Waals surface area (Å²) in [5.74, 6) is 0.505. The molecule has 4 rings (SSSR count). The topological polar surface area (TPSA) is 115 Å². The first-order valence-corrected chi connectivity index (χ1v) is 8.51. The Balaban J connectivity index is 1.77. The molecule has 3 aromatic heterocycles. The minimum atomic E-state index is -0.205. The van der Waals surface area contributed by atoms with E-state index in [-0.39, 0.29) is 17.6 Å². The van der Waals surface area contributed by atoms with Crippen LogP contribution in [-0.4, -0.2) is 36.8 Å². The molecule has 2 atom stereocenters. The SMILES string of the molecule is Cn1cc(-c2c[nH]c(=O)c3cnc(NC4CCCCC4N)nc23)cn1. The third-order valence-corrected chi connectivity index (χ3v) is 4.79. The molecule has 1 aliphatic carbocycles. The number of hydrogen-bond acceptors (Lipinski definition) is 6. The highest BCUT2D eigenvalue weighted by atomic mass is 16.1. The maximum atomic E-state index is 12.1. The lowest BCUT2D eigenvalue weighted by molar-refractivity contribution is 0.402. The van der Waals surface area contributed by atoms with Gasteiger partial charge in [-0.25, -0.2) is 9.97 Å². The van der Waals surface area contributed by atoms with Gasteiger partial charge in [-0.05, 0) is 12.8 Å². The number of fused-ring (bicyclic) bond motifs is 1. The molecular formula is C17H21N7O. The van der Waals surface area contributed by atoms with Crippen molar-refractivity contribution in [3.8, 4) is 11.1 Å². The molecular weight excluding hydrogens is 318 g/mol. The van der Waals surface area contributed by atoms with Gasteiger partial charge in [0.15, 0.2) is 0 Å². The molecule has 1 aliphatic rings. The van der Waals surface area contributed by atoms with Gasteiger partial charge >= 0.3 is 0 Å². The average Bonchev–Trinajstić information content (AvgIpc) is 3.03. The van der Waals surface area contributed by atoms with Gasteiger partial charge in [0.2, 0.25) is 5.95 Å². The van der Waals surface area contributed by atoms with E-state index < -0.39 is 0 Å². The fourth-order valence-corrected chi connectivity index (χ4v) is 3.39. The Kier molecular flexibility index (Phi) is 3.96. The molecule has 1 fully saturated rings. The van der Waals surface area contributed by atoms with Crippen LogP contribution in [0.4, 0.5) is 5.95 Å². The van der Waals surface area contributed by atoms with Crippen LogP contribution in [0.25, 0.3) is 22.0 Å². The van der Waals surface area contributed by atoms with E-state index in [1.807, 2.05) is 13.2 Å². The quantitative estimate of drug-likeness (QED) is 0.664. The number of pyridine rings is 1. The van der Waals surface area contributed by atoms with Gasteiger partial charge in [-0.3, -0.25) is 9.48 Å².